The molecule has 1 saturated heterocycles. The lowest BCUT2D eigenvalue weighted by Crippen LogP contribution is -2.48. The highest BCUT2D eigenvalue weighted by atomic mass is 35.5. The van der Waals surface area contributed by atoms with E-state index < -0.39 is 0 Å². The zero-order chi connectivity index (χ0) is 18.5. The van der Waals surface area contributed by atoms with Crippen LogP contribution in [-0.2, 0) is 17.9 Å². The second-order valence-electron chi connectivity index (χ2n) is 6.62. The van der Waals surface area contributed by atoms with Crippen LogP contribution in [0.3, 0.4) is 0 Å². The number of benzene rings is 1. The Bertz CT molecular complexity index is 759. The van der Waals surface area contributed by atoms with Crippen molar-refractivity contribution in [3.8, 4) is 0 Å². The van der Waals surface area contributed by atoms with E-state index in [-0.39, 0.29) is 11.7 Å². The van der Waals surface area contributed by atoms with Gasteiger partial charge in [-0.3, -0.25) is 14.6 Å². The molecule has 1 N–H and O–H groups in total. The normalized spacial score (nSPS) is 16.0. The number of carbonyl (C=O) groups excluding carboxylic acids is 1. The largest absolute Gasteiger partial charge is 0.351 e. The number of aryl methyl sites for hydroxylation is 1. The van der Waals surface area contributed by atoms with Gasteiger partial charge >= 0.3 is 0 Å². The van der Waals surface area contributed by atoms with Crippen LogP contribution in [0.4, 0.5) is 4.39 Å². The van der Waals surface area contributed by atoms with Gasteiger partial charge in [0.25, 0.3) is 0 Å². The Kier molecular flexibility index (Phi) is 6.64. The second kappa shape index (κ2) is 8.95. The standard InChI is InChI=1S/C19H23ClFN3OS/c1-14-2-3-15(10-17(14)21)11-22-19(25)13-24-8-6-23(7-9-24)12-16-4-5-18(20)26-16/h2-5,10H,6-9,11-13H2,1H3,(H,22,25). The molecule has 26 heavy (non-hydrogen) atoms. The monoisotopic (exact) mass is 395 g/mol. The molecule has 0 aliphatic carbocycles. The molecule has 1 aliphatic rings. The van der Waals surface area contributed by atoms with Gasteiger partial charge in [0.05, 0.1) is 10.9 Å². The van der Waals surface area contributed by atoms with Crippen molar-refractivity contribution in [3.63, 3.8) is 0 Å². The quantitative estimate of drug-likeness (QED) is 0.815. The summed E-state index contributed by atoms with van der Waals surface area (Å²) in [5, 5.41) is 2.87. The predicted octanol–water partition coefficient (Wildman–Crippen LogP) is 3.28. The van der Waals surface area contributed by atoms with Crippen LogP contribution in [0.15, 0.2) is 30.3 Å². The van der Waals surface area contributed by atoms with Gasteiger partial charge in [-0.25, -0.2) is 4.39 Å². The van der Waals surface area contributed by atoms with Crippen LogP contribution in [0, 0.1) is 12.7 Å². The summed E-state index contributed by atoms with van der Waals surface area (Å²) in [4.78, 5) is 17.9. The Balaban J connectivity index is 1.38. The van der Waals surface area contributed by atoms with Crippen LogP contribution in [0.2, 0.25) is 4.34 Å². The summed E-state index contributed by atoms with van der Waals surface area (Å²) in [7, 11) is 0. The zero-order valence-corrected chi connectivity index (χ0v) is 16.4. The summed E-state index contributed by atoms with van der Waals surface area (Å²) >= 11 is 7.59. The lowest BCUT2D eigenvalue weighted by Gasteiger charge is -2.34. The lowest BCUT2D eigenvalue weighted by atomic mass is 10.1. The van der Waals surface area contributed by atoms with E-state index in [2.05, 4.69) is 21.2 Å². The van der Waals surface area contributed by atoms with Crippen molar-refractivity contribution in [3.05, 3.63) is 56.5 Å². The molecule has 1 aliphatic heterocycles. The van der Waals surface area contributed by atoms with Gasteiger partial charge in [-0.2, -0.15) is 0 Å². The maximum Gasteiger partial charge on any atom is 0.234 e. The highest BCUT2D eigenvalue weighted by molar-refractivity contribution is 7.16. The number of thiophene rings is 1. The molecule has 4 nitrogen and oxygen atoms in total. The van der Waals surface area contributed by atoms with Crippen LogP contribution >= 0.6 is 22.9 Å². The molecule has 0 spiro atoms. The minimum absolute atomic E-state index is 0.0236. The summed E-state index contributed by atoms with van der Waals surface area (Å²) in [5.41, 5.74) is 1.39. The minimum Gasteiger partial charge on any atom is -0.351 e. The summed E-state index contributed by atoms with van der Waals surface area (Å²) in [6.45, 7) is 6.98. The maximum absolute atomic E-state index is 13.5. The molecular formula is C19H23ClFN3OS. The number of hydrogen-bond donors (Lipinski definition) is 1. The molecule has 140 valence electrons. The smallest absolute Gasteiger partial charge is 0.234 e. The van der Waals surface area contributed by atoms with Crippen LogP contribution < -0.4 is 5.32 Å². The van der Waals surface area contributed by atoms with Crippen molar-refractivity contribution in [2.75, 3.05) is 32.7 Å². The van der Waals surface area contributed by atoms with Crippen molar-refractivity contribution in [2.24, 2.45) is 0 Å². The minimum atomic E-state index is -0.236. The van der Waals surface area contributed by atoms with Crippen LogP contribution in [0.1, 0.15) is 16.0 Å². The fourth-order valence-corrected chi connectivity index (χ4v) is 4.10. The Morgan fingerprint density at radius 2 is 1.92 bits per heavy atom. The molecule has 0 unspecified atom stereocenters. The SMILES string of the molecule is Cc1ccc(CNC(=O)CN2CCN(Cc3ccc(Cl)s3)CC2)cc1F. The van der Waals surface area contributed by atoms with Gasteiger partial charge < -0.3 is 5.32 Å². The zero-order valence-electron chi connectivity index (χ0n) is 14.8. The van der Waals surface area contributed by atoms with E-state index in [1.165, 1.54) is 10.9 Å². The summed E-state index contributed by atoms with van der Waals surface area (Å²) in [6, 6.07) is 9.05. The Morgan fingerprint density at radius 3 is 2.58 bits per heavy atom. The van der Waals surface area contributed by atoms with E-state index in [1.807, 2.05) is 12.1 Å². The number of hydrogen-bond acceptors (Lipinski definition) is 4. The van der Waals surface area contributed by atoms with Crippen molar-refractivity contribution in [2.45, 2.75) is 20.0 Å². The molecule has 1 fully saturated rings. The molecule has 1 amide bonds. The van der Waals surface area contributed by atoms with Gasteiger partial charge in [0.1, 0.15) is 5.82 Å². The second-order valence-corrected chi connectivity index (χ2v) is 8.42. The van der Waals surface area contributed by atoms with E-state index in [9.17, 15) is 9.18 Å². The van der Waals surface area contributed by atoms with Gasteiger partial charge in [0, 0.05) is 44.1 Å². The molecule has 3 rings (SSSR count). The summed E-state index contributed by atoms with van der Waals surface area (Å²) in [6.07, 6.45) is 0. The fourth-order valence-electron chi connectivity index (χ4n) is 2.97. The molecule has 2 aromatic rings. The Labute approximate surface area is 162 Å². The van der Waals surface area contributed by atoms with Crippen molar-refractivity contribution in [1.29, 1.82) is 0 Å². The molecular weight excluding hydrogens is 373 g/mol. The molecule has 0 atom stereocenters. The van der Waals surface area contributed by atoms with Crippen LogP contribution in [0.25, 0.3) is 0 Å². The van der Waals surface area contributed by atoms with E-state index in [0.29, 0.717) is 18.7 Å². The molecule has 7 heteroatoms. The first-order valence-corrected chi connectivity index (χ1v) is 9.90. The number of nitrogens with zero attached hydrogens (tertiary/aromatic N) is 2. The molecule has 2 heterocycles. The Hall–Kier alpha value is -1.47. The average Bonchev–Trinajstić information content (AvgIpc) is 3.02. The first-order chi connectivity index (χ1) is 12.5. The number of halogens is 2. The van der Waals surface area contributed by atoms with Crippen LogP contribution in [-0.4, -0.2) is 48.4 Å². The predicted molar refractivity (Wildman–Crippen MR) is 104 cm³/mol. The van der Waals surface area contributed by atoms with E-state index in [0.717, 1.165) is 42.6 Å². The third kappa shape index (κ3) is 5.51. The number of amides is 1. The Morgan fingerprint density at radius 1 is 1.19 bits per heavy atom. The third-order valence-electron chi connectivity index (χ3n) is 4.57. The third-order valence-corrected chi connectivity index (χ3v) is 5.78. The molecule has 0 bridgehead atoms. The lowest BCUT2D eigenvalue weighted by molar-refractivity contribution is -0.122. The van der Waals surface area contributed by atoms with Crippen molar-refractivity contribution in [1.82, 2.24) is 15.1 Å². The first kappa shape index (κ1) is 19.3. The number of rotatable bonds is 6. The number of nitrogens with one attached hydrogen (secondary N) is 1. The molecule has 1 aromatic heterocycles. The molecule has 0 saturated carbocycles. The highest BCUT2D eigenvalue weighted by Gasteiger charge is 2.19. The van der Waals surface area contributed by atoms with Crippen molar-refractivity contribution >= 4 is 28.8 Å². The van der Waals surface area contributed by atoms with E-state index in [4.69, 9.17) is 11.6 Å². The van der Waals surface area contributed by atoms with Gasteiger partial charge in [0.2, 0.25) is 5.91 Å². The van der Waals surface area contributed by atoms with Gasteiger partial charge in [-0.1, -0.05) is 23.7 Å². The average molecular weight is 396 g/mol. The first-order valence-electron chi connectivity index (χ1n) is 8.70. The van der Waals surface area contributed by atoms with Gasteiger partial charge in [-0.05, 0) is 36.2 Å². The molecule has 1 aromatic carbocycles. The van der Waals surface area contributed by atoms with Crippen molar-refractivity contribution < 1.29 is 9.18 Å². The highest BCUT2D eigenvalue weighted by Crippen LogP contribution is 2.23. The topological polar surface area (TPSA) is 35.6 Å². The van der Waals surface area contributed by atoms with E-state index >= 15 is 0 Å². The molecule has 0 radical (unpaired) electrons. The number of piperazine rings is 1. The van der Waals surface area contributed by atoms with Crippen LogP contribution in [0.5, 0.6) is 0 Å². The maximum atomic E-state index is 13.5. The fraction of sp³-hybridized carbons (Fsp3) is 0.421. The van der Waals surface area contributed by atoms with Gasteiger partial charge in [0.15, 0.2) is 0 Å². The van der Waals surface area contributed by atoms with E-state index in [1.54, 1.807) is 24.3 Å². The summed E-state index contributed by atoms with van der Waals surface area (Å²) < 4.78 is 14.4. The number of carbonyl (C=O) groups is 1. The van der Waals surface area contributed by atoms with Gasteiger partial charge in [-0.15, -0.1) is 11.3 Å². The summed E-state index contributed by atoms with van der Waals surface area (Å²) in [5.74, 6) is -0.260.